The Labute approximate surface area is 158 Å². The third kappa shape index (κ3) is 7.63. The number of amides is 2. The van der Waals surface area contributed by atoms with E-state index in [2.05, 4.69) is 10.6 Å². The number of carbonyl (C=O) groups is 2. The average molecular weight is 390 g/mol. The van der Waals surface area contributed by atoms with Crippen LogP contribution < -0.4 is 16.4 Å². The number of halogens is 2. The highest BCUT2D eigenvalue weighted by Gasteiger charge is 2.23. The Morgan fingerprint density at radius 2 is 1.84 bits per heavy atom. The van der Waals surface area contributed by atoms with Gasteiger partial charge in [-0.05, 0) is 56.9 Å². The zero-order valence-corrected chi connectivity index (χ0v) is 15.8. The van der Waals surface area contributed by atoms with Crippen LogP contribution in [0, 0.1) is 5.82 Å². The Morgan fingerprint density at radius 3 is 2.44 bits per heavy atom. The van der Waals surface area contributed by atoms with Crippen LogP contribution in [-0.4, -0.2) is 34.9 Å². The third-order valence-electron chi connectivity index (χ3n) is 4.08. The van der Waals surface area contributed by atoms with Crippen LogP contribution in [0.25, 0.3) is 0 Å². The second kappa shape index (κ2) is 10.6. The van der Waals surface area contributed by atoms with Crippen molar-refractivity contribution >= 4 is 41.7 Å². The molecule has 0 heterocycles. The number of anilines is 1. The molecule has 1 fully saturated rings. The Bertz CT molecular complexity index is 566. The van der Waals surface area contributed by atoms with Gasteiger partial charge in [-0.1, -0.05) is 0 Å². The van der Waals surface area contributed by atoms with E-state index >= 15 is 0 Å². The van der Waals surface area contributed by atoms with Crippen LogP contribution in [0.15, 0.2) is 24.3 Å². The fourth-order valence-electron chi connectivity index (χ4n) is 2.59. The molecule has 8 heteroatoms. The fraction of sp³-hybridized carbons (Fsp3) is 0.529. The number of carbonyl (C=O) groups excluding carboxylic acids is 2. The van der Waals surface area contributed by atoms with Crippen LogP contribution in [0.1, 0.15) is 32.6 Å². The maximum absolute atomic E-state index is 12.8. The first-order chi connectivity index (χ1) is 11.4. The lowest BCUT2D eigenvalue weighted by molar-refractivity contribution is -0.121. The maximum Gasteiger partial charge on any atom is 0.234 e. The molecule has 25 heavy (non-hydrogen) atoms. The number of benzene rings is 1. The van der Waals surface area contributed by atoms with Gasteiger partial charge in [0.15, 0.2) is 0 Å². The molecule has 1 aromatic rings. The molecule has 1 aliphatic rings. The minimum absolute atomic E-state index is 0. The molecule has 2 amide bonds. The predicted octanol–water partition coefficient (Wildman–Crippen LogP) is 2.69. The normalized spacial score (nSPS) is 20.9. The van der Waals surface area contributed by atoms with Gasteiger partial charge in [0.2, 0.25) is 11.8 Å². The summed E-state index contributed by atoms with van der Waals surface area (Å²) in [5, 5.41) is 5.40. The van der Waals surface area contributed by atoms with Crippen LogP contribution in [0.3, 0.4) is 0 Å². The first kappa shape index (κ1) is 21.7. The van der Waals surface area contributed by atoms with Crippen molar-refractivity contribution in [1.29, 1.82) is 0 Å². The van der Waals surface area contributed by atoms with E-state index in [0.717, 1.165) is 25.7 Å². The molecular formula is C17H25ClFN3O2S. The molecule has 5 nitrogen and oxygen atoms in total. The summed E-state index contributed by atoms with van der Waals surface area (Å²) in [5.74, 6) is -0.442. The minimum atomic E-state index is -0.351. The number of hydrogen-bond acceptors (Lipinski definition) is 4. The standard InChI is InChI=1S/C17H24FN3O2S.ClH/c1-11(17(23)21-15-8-4-13(19)5-9-15)24-10-16(22)20-14-6-2-12(18)3-7-14;/h2-3,6-7,11,13,15H,4-5,8-10,19H2,1H3,(H,20,22)(H,21,23);1H. The van der Waals surface area contributed by atoms with E-state index in [4.69, 9.17) is 5.73 Å². The lowest BCUT2D eigenvalue weighted by Gasteiger charge is -2.27. The van der Waals surface area contributed by atoms with E-state index < -0.39 is 0 Å². The van der Waals surface area contributed by atoms with E-state index in [0.29, 0.717) is 5.69 Å². The SMILES string of the molecule is CC(SCC(=O)Nc1ccc(F)cc1)C(=O)NC1CCC(N)CC1.Cl. The molecule has 1 aliphatic carbocycles. The number of nitrogens with one attached hydrogen (secondary N) is 2. The Balaban J connectivity index is 0.00000312. The fourth-order valence-corrected chi connectivity index (χ4v) is 3.28. The lowest BCUT2D eigenvalue weighted by Crippen LogP contribution is -2.43. The molecule has 0 aromatic heterocycles. The number of nitrogens with two attached hydrogens (primary N) is 1. The Hall–Kier alpha value is -1.31. The Kier molecular flexibility index (Phi) is 9.24. The molecular weight excluding hydrogens is 365 g/mol. The minimum Gasteiger partial charge on any atom is -0.352 e. The quantitative estimate of drug-likeness (QED) is 0.698. The van der Waals surface area contributed by atoms with Gasteiger partial charge in [0.1, 0.15) is 5.82 Å². The summed E-state index contributed by atoms with van der Waals surface area (Å²) in [6, 6.07) is 6.02. The van der Waals surface area contributed by atoms with Gasteiger partial charge in [-0.2, -0.15) is 0 Å². The molecule has 4 N–H and O–H groups in total. The molecule has 1 atom stereocenters. The van der Waals surface area contributed by atoms with Crippen molar-refractivity contribution in [3.05, 3.63) is 30.1 Å². The van der Waals surface area contributed by atoms with Gasteiger partial charge in [-0.3, -0.25) is 9.59 Å². The highest BCUT2D eigenvalue weighted by molar-refractivity contribution is 8.01. The smallest absolute Gasteiger partial charge is 0.234 e. The van der Waals surface area contributed by atoms with Crippen LogP contribution in [0.5, 0.6) is 0 Å². The summed E-state index contributed by atoms with van der Waals surface area (Å²) in [7, 11) is 0. The second-order valence-electron chi connectivity index (χ2n) is 6.13. The van der Waals surface area contributed by atoms with Crippen molar-refractivity contribution in [2.24, 2.45) is 5.73 Å². The van der Waals surface area contributed by atoms with E-state index in [1.165, 1.54) is 36.0 Å². The summed E-state index contributed by atoms with van der Waals surface area (Å²) in [6.45, 7) is 1.79. The first-order valence-corrected chi connectivity index (χ1v) is 9.22. The predicted molar refractivity (Wildman–Crippen MR) is 103 cm³/mol. The summed E-state index contributed by atoms with van der Waals surface area (Å²) in [4.78, 5) is 24.0. The van der Waals surface area contributed by atoms with Gasteiger partial charge >= 0.3 is 0 Å². The van der Waals surface area contributed by atoms with E-state index in [9.17, 15) is 14.0 Å². The van der Waals surface area contributed by atoms with Gasteiger partial charge < -0.3 is 16.4 Å². The Morgan fingerprint density at radius 1 is 1.24 bits per heavy atom. The van der Waals surface area contributed by atoms with E-state index in [1.807, 2.05) is 0 Å². The van der Waals surface area contributed by atoms with Crippen molar-refractivity contribution in [1.82, 2.24) is 5.32 Å². The second-order valence-corrected chi connectivity index (χ2v) is 7.46. The first-order valence-electron chi connectivity index (χ1n) is 8.17. The summed E-state index contributed by atoms with van der Waals surface area (Å²) in [5.41, 5.74) is 6.40. The van der Waals surface area contributed by atoms with E-state index in [-0.39, 0.29) is 53.1 Å². The maximum atomic E-state index is 12.8. The van der Waals surface area contributed by atoms with Crippen LogP contribution >= 0.6 is 24.2 Å². The topological polar surface area (TPSA) is 84.2 Å². The monoisotopic (exact) mass is 389 g/mol. The molecule has 1 aromatic carbocycles. The zero-order chi connectivity index (χ0) is 17.5. The van der Waals surface area contributed by atoms with Crippen LogP contribution in [0.2, 0.25) is 0 Å². The average Bonchev–Trinajstić information content (AvgIpc) is 2.57. The van der Waals surface area contributed by atoms with Gasteiger partial charge in [-0.25, -0.2) is 4.39 Å². The molecule has 1 saturated carbocycles. The lowest BCUT2D eigenvalue weighted by atomic mass is 9.92. The highest BCUT2D eigenvalue weighted by Crippen LogP contribution is 2.18. The van der Waals surface area contributed by atoms with E-state index in [1.54, 1.807) is 6.92 Å². The van der Waals surface area contributed by atoms with Crippen molar-refractivity contribution in [3.8, 4) is 0 Å². The summed E-state index contributed by atoms with van der Waals surface area (Å²) >= 11 is 1.28. The molecule has 0 spiro atoms. The summed E-state index contributed by atoms with van der Waals surface area (Å²) in [6.07, 6.45) is 3.70. The van der Waals surface area contributed by atoms with Gasteiger partial charge in [0, 0.05) is 17.8 Å². The molecule has 0 bridgehead atoms. The zero-order valence-electron chi connectivity index (χ0n) is 14.2. The van der Waals surface area contributed by atoms with Crippen molar-refractivity contribution in [2.45, 2.75) is 49.9 Å². The van der Waals surface area contributed by atoms with Crippen molar-refractivity contribution in [2.75, 3.05) is 11.1 Å². The molecule has 2 rings (SSSR count). The van der Waals surface area contributed by atoms with Gasteiger partial charge in [0.05, 0.1) is 11.0 Å². The summed E-state index contributed by atoms with van der Waals surface area (Å²) < 4.78 is 12.8. The number of thioether (sulfide) groups is 1. The molecule has 0 aliphatic heterocycles. The number of rotatable bonds is 6. The van der Waals surface area contributed by atoms with Gasteiger partial charge in [0.25, 0.3) is 0 Å². The molecule has 0 radical (unpaired) electrons. The molecule has 140 valence electrons. The molecule has 0 saturated heterocycles. The highest BCUT2D eigenvalue weighted by atomic mass is 35.5. The van der Waals surface area contributed by atoms with Crippen molar-refractivity contribution < 1.29 is 14.0 Å². The largest absolute Gasteiger partial charge is 0.352 e. The van der Waals surface area contributed by atoms with Crippen molar-refractivity contribution in [3.63, 3.8) is 0 Å². The van der Waals surface area contributed by atoms with Gasteiger partial charge in [-0.15, -0.1) is 24.2 Å². The van der Waals surface area contributed by atoms with Crippen LogP contribution in [0.4, 0.5) is 10.1 Å². The number of hydrogen-bond donors (Lipinski definition) is 3. The molecule has 1 unspecified atom stereocenters. The third-order valence-corrected chi connectivity index (χ3v) is 5.22. The van der Waals surface area contributed by atoms with Crippen LogP contribution in [-0.2, 0) is 9.59 Å².